The average molecular weight is 256 g/mol. The Labute approximate surface area is 111 Å². The number of piperidine rings is 1. The molecule has 2 aliphatic rings. The molecule has 0 unspecified atom stereocenters. The van der Waals surface area contributed by atoms with Gasteiger partial charge in [-0.2, -0.15) is 0 Å². The fourth-order valence-corrected chi connectivity index (χ4v) is 3.32. The third kappa shape index (κ3) is 1.81. The first-order valence-electron chi connectivity index (χ1n) is 6.75. The molecule has 3 heterocycles. The highest BCUT2D eigenvalue weighted by Crippen LogP contribution is 2.31. The van der Waals surface area contributed by atoms with Gasteiger partial charge in [-0.05, 0) is 37.4 Å². The SMILES string of the molecule is O=C(N[C@H]1C[C@@H]2CN[C@@H]1C2)c1ccc2cncn2c1. The number of rotatable bonds is 2. The van der Waals surface area contributed by atoms with Gasteiger partial charge >= 0.3 is 0 Å². The molecule has 2 aromatic rings. The molecular formula is C14H16N4O. The molecule has 4 rings (SSSR count). The number of nitrogens with one attached hydrogen (secondary N) is 2. The fourth-order valence-electron chi connectivity index (χ4n) is 3.32. The van der Waals surface area contributed by atoms with E-state index < -0.39 is 0 Å². The number of imidazole rings is 1. The minimum atomic E-state index is 0.00921. The van der Waals surface area contributed by atoms with Crippen LogP contribution in [-0.2, 0) is 0 Å². The maximum absolute atomic E-state index is 12.3. The summed E-state index contributed by atoms with van der Waals surface area (Å²) in [5, 5.41) is 6.61. The maximum atomic E-state index is 12.3. The van der Waals surface area contributed by atoms with E-state index in [-0.39, 0.29) is 11.9 Å². The molecule has 0 spiro atoms. The lowest BCUT2D eigenvalue weighted by molar-refractivity contribution is 0.0928. The summed E-state index contributed by atoms with van der Waals surface area (Å²) in [6, 6.07) is 4.52. The Morgan fingerprint density at radius 2 is 2.37 bits per heavy atom. The topological polar surface area (TPSA) is 58.4 Å². The van der Waals surface area contributed by atoms with Crippen LogP contribution < -0.4 is 10.6 Å². The van der Waals surface area contributed by atoms with E-state index >= 15 is 0 Å². The molecule has 2 fully saturated rings. The predicted octanol–water partition coefficient (Wildman–Crippen LogP) is 0.814. The summed E-state index contributed by atoms with van der Waals surface area (Å²) in [5.41, 5.74) is 1.69. The summed E-state index contributed by atoms with van der Waals surface area (Å²) in [6.07, 6.45) is 7.63. The van der Waals surface area contributed by atoms with E-state index in [1.165, 1.54) is 6.42 Å². The Morgan fingerprint density at radius 3 is 3.16 bits per heavy atom. The average Bonchev–Trinajstić information content (AvgIpc) is 3.13. The summed E-state index contributed by atoms with van der Waals surface area (Å²) in [5.74, 6) is 0.751. The first-order valence-corrected chi connectivity index (χ1v) is 6.75. The lowest BCUT2D eigenvalue weighted by Crippen LogP contribution is -2.47. The van der Waals surface area contributed by atoms with Crippen LogP contribution in [0.2, 0.25) is 0 Å². The van der Waals surface area contributed by atoms with Crippen molar-refractivity contribution in [2.45, 2.75) is 24.9 Å². The first-order chi connectivity index (χ1) is 9.29. The van der Waals surface area contributed by atoms with Crippen LogP contribution >= 0.6 is 0 Å². The molecule has 0 aromatic carbocycles. The van der Waals surface area contributed by atoms with E-state index in [9.17, 15) is 4.79 Å². The van der Waals surface area contributed by atoms with Crippen molar-refractivity contribution in [1.82, 2.24) is 20.0 Å². The lowest BCUT2D eigenvalue weighted by Gasteiger charge is -2.23. The summed E-state index contributed by atoms with van der Waals surface area (Å²) in [4.78, 5) is 16.3. The van der Waals surface area contributed by atoms with Gasteiger partial charge in [0.15, 0.2) is 0 Å². The molecule has 1 amide bonds. The summed E-state index contributed by atoms with van der Waals surface area (Å²) < 4.78 is 1.87. The van der Waals surface area contributed by atoms with E-state index in [4.69, 9.17) is 0 Å². The van der Waals surface area contributed by atoms with Crippen molar-refractivity contribution in [3.8, 4) is 0 Å². The molecule has 0 radical (unpaired) electrons. The van der Waals surface area contributed by atoms with Gasteiger partial charge in [0.25, 0.3) is 5.91 Å². The van der Waals surface area contributed by atoms with Crippen molar-refractivity contribution in [2.24, 2.45) is 5.92 Å². The van der Waals surface area contributed by atoms with E-state index in [2.05, 4.69) is 15.6 Å². The van der Waals surface area contributed by atoms with Gasteiger partial charge < -0.3 is 15.0 Å². The largest absolute Gasteiger partial charge is 0.348 e. The van der Waals surface area contributed by atoms with Gasteiger partial charge in [0.2, 0.25) is 0 Å². The molecule has 1 aliphatic heterocycles. The number of aromatic nitrogens is 2. The van der Waals surface area contributed by atoms with E-state index in [1.807, 2.05) is 22.7 Å². The van der Waals surface area contributed by atoms with Crippen molar-refractivity contribution in [3.63, 3.8) is 0 Å². The molecular weight excluding hydrogens is 240 g/mol. The van der Waals surface area contributed by atoms with Crippen molar-refractivity contribution >= 4 is 11.4 Å². The highest BCUT2D eigenvalue weighted by molar-refractivity contribution is 5.94. The van der Waals surface area contributed by atoms with Gasteiger partial charge in [0.1, 0.15) is 0 Å². The predicted molar refractivity (Wildman–Crippen MR) is 71.0 cm³/mol. The maximum Gasteiger partial charge on any atom is 0.253 e. The smallest absolute Gasteiger partial charge is 0.253 e. The van der Waals surface area contributed by atoms with Crippen LogP contribution in [0.25, 0.3) is 5.52 Å². The zero-order valence-corrected chi connectivity index (χ0v) is 10.5. The van der Waals surface area contributed by atoms with Gasteiger partial charge in [0, 0.05) is 18.3 Å². The second kappa shape index (κ2) is 4.06. The summed E-state index contributed by atoms with van der Waals surface area (Å²) >= 11 is 0. The fraction of sp³-hybridized carbons (Fsp3) is 0.429. The minimum absolute atomic E-state index is 0.00921. The normalized spacial score (nSPS) is 28.9. The number of carbonyl (C=O) groups excluding carboxylic acids is 1. The summed E-state index contributed by atoms with van der Waals surface area (Å²) in [6.45, 7) is 1.11. The monoisotopic (exact) mass is 256 g/mol. The van der Waals surface area contributed by atoms with Gasteiger partial charge in [-0.1, -0.05) is 0 Å². The summed E-state index contributed by atoms with van der Waals surface area (Å²) in [7, 11) is 0. The molecule has 5 heteroatoms. The molecule has 2 aromatic heterocycles. The zero-order valence-electron chi connectivity index (χ0n) is 10.5. The molecule has 1 saturated heterocycles. The van der Waals surface area contributed by atoms with Crippen LogP contribution in [0.4, 0.5) is 0 Å². The highest BCUT2D eigenvalue weighted by Gasteiger charge is 2.40. The zero-order chi connectivity index (χ0) is 12.8. The first kappa shape index (κ1) is 11.0. The van der Waals surface area contributed by atoms with E-state index in [0.717, 1.165) is 24.4 Å². The van der Waals surface area contributed by atoms with Crippen LogP contribution in [-0.4, -0.2) is 33.9 Å². The van der Waals surface area contributed by atoms with Gasteiger partial charge in [-0.3, -0.25) is 4.79 Å². The number of amides is 1. The Morgan fingerprint density at radius 1 is 1.42 bits per heavy atom. The van der Waals surface area contributed by atoms with Crippen molar-refractivity contribution in [3.05, 3.63) is 36.4 Å². The third-order valence-corrected chi connectivity index (χ3v) is 4.32. The number of hydrogen-bond donors (Lipinski definition) is 2. The van der Waals surface area contributed by atoms with Crippen molar-refractivity contribution in [1.29, 1.82) is 0 Å². The molecule has 19 heavy (non-hydrogen) atoms. The van der Waals surface area contributed by atoms with E-state index in [0.29, 0.717) is 11.6 Å². The molecule has 2 bridgehead atoms. The van der Waals surface area contributed by atoms with Crippen LogP contribution in [0.5, 0.6) is 0 Å². The van der Waals surface area contributed by atoms with Crippen molar-refractivity contribution < 1.29 is 4.79 Å². The van der Waals surface area contributed by atoms with Crippen LogP contribution in [0.15, 0.2) is 30.9 Å². The Hall–Kier alpha value is -1.88. The van der Waals surface area contributed by atoms with Crippen molar-refractivity contribution in [2.75, 3.05) is 6.54 Å². The number of nitrogens with zero attached hydrogens (tertiary/aromatic N) is 2. The Balaban J connectivity index is 1.53. The molecule has 5 nitrogen and oxygen atoms in total. The quantitative estimate of drug-likeness (QED) is 0.836. The Bertz CT molecular complexity index is 635. The van der Waals surface area contributed by atoms with Crippen LogP contribution in [0.3, 0.4) is 0 Å². The minimum Gasteiger partial charge on any atom is -0.348 e. The Kier molecular flexibility index (Phi) is 2.35. The lowest BCUT2D eigenvalue weighted by atomic mass is 10.1. The highest BCUT2D eigenvalue weighted by atomic mass is 16.1. The molecule has 2 N–H and O–H groups in total. The van der Waals surface area contributed by atoms with Gasteiger partial charge in [0.05, 0.1) is 23.6 Å². The van der Waals surface area contributed by atoms with Gasteiger partial charge in [-0.15, -0.1) is 0 Å². The second-order valence-electron chi connectivity index (χ2n) is 5.58. The molecule has 3 atom stereocenters. The molecule has 98 valence electrons. The number of carbonyl (C=O) groups is 1. The number of fused-ring (bicyclic) bond motifs is 3. The third-order valence-electron chi connectivity index (χ3n) is 4.32. The van der Waals surface area contributed by atoms with Crippen LogP contribution in [0, 0.1) is 5.92 Å². The number of pyridine rings is 1. The van der Waals surface area contributed by atoms with E-state index in [1.54, 1.807) is 12.5 Å². The number of hydrogen-bond acceptors (Lipinski definition) is 3. The van der Waals surface area contributed by atoms with Gasteiger partial charge in [-0.25, -0.2) is 4.98 Å². The second-order valence-corrected chi connectivity index (χ2v) is 5.58. The molecule has 1 aliphatic carbocycles. The standard InChI is InChI=1S/C14H16N4O/c19-14(17-13-4-9-3-12(13)16-5-9)10-1-2-11-6-15-8-18(11)7-10/h1-2,6-9,12-13,16H,3-5H2,(H,17,19)/t9-,12-,13+/m1/s1. The molecule has 1 saturated carbocycles. The van der Waals surface area contributed by atoms with Crippen LogP contribution in [0.1, 0.15) is 23.2 Å².